The monoisotopic (exact) mass is 508 g/mol. The maximum absolute atomic E-state index is 12.8. The molecule has 198 valence electrons. The minimum Gasteiger partial charge on any atom is -0.475 e. The normalized spacial score (nSPS) is 18.9. The van der Waals surface area contributed by atoms with E-state index in [0.717, 1.165) is 39.1 Å². The lowest BCUT2D eigenvalue weighted by Gasteiger charge is -2.40. The van der Waals surface area contributed by atoms with Crippen molar-refractivity contribution in [2.24, 2.45) is 7.05 Å². The molecule has 1 aliphatic heterocycles. The second-order valence-electron chi connectivity index (χ2n) is 9.64. The highest BCUT2D eigenvalue weighted by molar-refractivity contribution is 5.77. The number of carbonyl (C=O) groups excluding carboxylic acids is 1. The van der Waals surface area contributed by atoms with Crippen LogP contribution in [-0.4, -0.2) is 68.9 Å². The molecule has 1 aromatic heterocycles. The number of alkyl halides is 3. The van der Waals surface area contributed by atoms with Gasteiger partial charge in [-0.3, -0.25) is 14.4 Å². The van der Waals surface area contributed by atoms with Gasteiger partial charge in [0.25, 0.3) is 0 Å². The van der Waals surface area contributed by atoms with E-state index in [2.05, 4.69) is 54.3 Å². The molecule has 1 spiro atoms. The highest BCUT2D eigenvalue weighted by Gasteiger charge is 2.45. The number of halogens is 3. The maximum Gasteiger partial charge on any atom is 0.490 e. The molecular formula is C26H35F3N4O3. The lowest BCUT2D eigenvalue weighted by atomic mass is 9.73. The summed E-state index contributed by atoms with van der Waals surface area (Å²) in [5.74, 6) is -2.09. The van der Waals surface area contributed by atoms with E-state index in [4.69, 9.17) is 9.90 Å². The number of piperidine rings is 1. The standard InChI is InChI=1S/C24H34N4O.C2HF3O2/c1-4-28(5-2)23(29)14-20-15-24(22-9-7-6-8-21(20)22)10-12-27(13-11-24)18-19-16-25-26(3)17-19;3-2(4,5)1(6)7/h6-9,16-17,20H,4-5,10-15,18H2,1-3H3;(H,6,7). The fraction of sp³-hybridized carbons (Fsp3) is 0.577. The van der Waals surface area contributed by atoms with Gasteiger partial charge in [0, 0.05) is 44.9 Å². The first kappa shape index (κ1) is 27.7. The second-order valence-corrected chi connectivity index (χ2v) is 9.64. The number of carbonyl (C=O) groups is 2. The van der Waals surface area contributed by atoms with Crippen LogP contribution in [0.15, 0.2) is 36.7 Å². The molecule has 2 aliphatic rings. The first-order chi connectivity index (χ1) is 17.0. The number of aryl methyl sites for hydroxylation is 1. The summed E-state index contributed by atoms with van der Waals surface area (Å²) in [6.45, 7) is 8.96. The molecule has 1 aliphatic carbocycles. The Labute approximate surface area is 209 Å². The predicted octanol–water partition coefficient (Wildman–Crippen LogP) is 4.33. The first-order valence-corrected chi connectivity index (χ1v) is 12.4. The summed E-state index contributed by atoms with van der Waals surface area (Å²) in [5, 5.41) is 11.4. The van der Waals surface area contributed by atoms with Crippen molar-refractivity contribution in [1.82, 2.24) is 19.6 Å². The van der Waals surface area contributed by atoms with E-state index in [-0.39, 0.29) is 5.41 Å². The summed E-state index contributed by atoms with van der Waals surface area (Å²) in [5.41, 5.74) is 4.47. The Hall–Kier alpha value is -2.88. The third kappa shape index (κ3) is 6.46. The summed E-state index contributed by atoms with van der Waals surface area (Å²) < 4.78 is 33.6. The Balaban J connectivity index is 0.000000454. The van der Waals surface area contributed by atoms with Gasteiger partial charge in [0.15, 0.2) is 0 Å². The molecule has 36 heavy (non-hydrogen) atoms. The number of amides is 1. The van der Waals surface area contributed by atoms with Crippen LogP contribution in [0.2, 0.25) is 0 Å². The number of carboxylic acids is 1. The highest BCUT2D eigenvalue weighted by Crippen LogP contribution is 2.52. The number of carboxylic acid groups (broad SMARTS) is 1. The van der Waals surface area contributed by atoms with Crippen molar-refractivity contribution in [3.63, 3.8) is 0 Å². The van der Waals surface area contributed by atoms with Crippen LogP contribution < -0.4 is 0 Å². The molecule has 1 unspecified atom stereocenters. The summed E-state index contributed by atoms with van der Waals surface area (Å²) >= 11 is 0. The zero-order chi connectivity index (χ0) is 26.5. The van der Waals surface area contributed by atoms with Crippen molar-refractivity contribution < 1.29 is 27.9 Å². The largest absolute Gasteiger partial charge is 0.490 e. The summed E-state index contributed by atoms with van der Waals surface area (Å²) in [6.07, 6.45) is 3.15. The minimum absolute atomic E-state index is 0.246. The number of rotatable bonds is 6. The Bertz CT molecular complexity index is 1040. The molecule has 0 bridgehead atoms. The molecule has 1 atom stereocenters. The van der Waals surface area contributed by atoms with Crippen LogP contribution in [-0.2, 0) is 28.6 Å². The van der Waals surface area contributed by atoms with Crippen LogP contribution in [0.25, 0.3) is 0 Å². The number of hydrogen-bond acceptors (Lipinski definition) is 4. The predicted molar refractivity (Wildman–Crippen MR) is 129 cm³/mol. The first-order valence-electron chi connectivity index (χ1n) is 12.4. The van der Waals surface area contributed by atoms with Crippen LogP contribution in [0.1, 0.15) is 62.1 Å². The van der Waals surface area contributed by atoms with E-state index < -0.39 is 12.1 Å². The fourth-order valence-electron chi connectivity index (χ4n) is 5.55. The fourth-order valence-corrected chi connectivity index (χ4v) is 5.55. The second kappa shape index (κ2) is 11.5. The molecule has 1 aromatic carbocycles. The molecule has 1 amide bonds. The van der Waals surface area contributed by atoms with Gasteiger partial charge >= 0.3 is 12.1 Å². The zero-order valence-electron chi connectivity index (χ0n) is 21.1. The summed E-state index contributed by atoms with van der Waals surface area (Å²) in [7, 11) is 1.98. The summed E-state index contributed by atoms with van der Waals surface area (Å²) in [6, 6.07) is 8.92. The van der Waals surface area contributed by atoms with E-state index >= 15 is 0 Å². The third-order valence-corrected chi connectivity index (χ3v) is 7.37. The van der Waals surface area contributed by atoms with Crippen LogP contribution in [0, 0.1) is 0 Å². The van der Waals surface area contributed by atoms with Crippen LogP contribution in [0.5, 0.6) is 0 Å². The van der Waals surface area contributed by atoms with Gasteiger partial charge in [-0.15, -0.1) is 0 Å². The van der Waals surface area contributed by atoms with Gasteiger partial charge in [-0.1, -0.05) is 24.3 Å². The number of nitrogens with zero attached hydrogens (tertiary/aromatic N) is 4. The van der Waals surface area contributed by atoms with Crippen molar-refractivity contribution >= 4 is 11.9 Å². The average Bonchev–Trinajstić information content (AvgIpc) is 3.37. The van der Waals surface area contributed by atoms with E-state index in [1.165, 1.54) is 29.5 Å². The number of aliphatic carboxylic acids is 1. The molecule has 7 nitrogen and oxygen atoms in total. The van der Waals surface area contributed by atoms with Gasteiger partial charge in [0.1, 0.15) is 0 Å². The Morgan fingerprint density at radius 1 is 1.17 bits per heavy atom. The number of likely N-dealkylation sites (tertiary alicyclic amines) is 1. The van der Waals surface area contributed by atoms with E-state index in [1.54, 1.807) is 0 Å². The average molecular weight is 509 g/mol. The van der Waals surface area contributed by atoms with Crippen molar-refractivity contribution in [3.05, 3.63) is 53.3 Å². The molecule has 10 heteroatoms. The van der Waals surface area contributed by atoms with Crippen molar-refractivity contribution in [3.8, 4) is 0 Å². The molecule has 0 saturated carbocycles. The van der Waals surface area contributed by atoms with Crippen molar-refractivity contribution in [2.75, 3.05) is 26.2 Å². The van der Waals surface area contributed by atoms with Gasteiger partial charge in [-0.05, 0) is 68.7 Å². The van der Waals surface area contributed by atoms with Crippen LogP contribution >= 0.6 is 0 Å². The smallest absolute Gasteiger partial charge is 0.475 e. The summed E-state index contributed by atoms with van der Waals surface area (Å²) in [4.78, 5) is 26.2. The SMILES string of the molecule is CCN(CC)C(=O)CC1CC2(CCN(Cc3cnn(C)c3)CC2)c2ccccc21.O=C(O)C(F)(F)F. The Morgan fingerprint density at radius 2 is 1.78 bits per heavy atom. The molecule has 1 saturated heterocycles. The zero-order valence-corrected chi connectivity index (χ0v) is 21.1. The van der Waals surface area contributed by atoms with E-state index in [1.807, 2.05) is 22.8 Å². The Morgan fingerprint density at radius 3 is 2.31 bits per heavy atom. The van der Waals surface area contributed by atoms with Gasteiger partial charge in [0.2, 0.25) is 5.91 Å². The third-order valence-electron chi connectivity index (χ3n) is 7.37. The van der Waals surface area contributed by atoms with Crippen molar-refractivity contribution in [2.45, 2.75) is 63.6 Å². The molecular weight excluding hydrogens is 473 g/mol. The lowest BCUT2D eigenvalue weighted by Crippen LogP contribution is -2.41. The van der Waals surface area contributed by atoms with Crippen LogP contribution in [0.3, 0.4) is 0 Å². The van der Waals surface area contributed by atoms with Crippen LogP contribution in [0.4, 0.5) is 13.2 Å². The topological polar surface area (TPSA) is 78.7 Å². The van der Waals surface area contributed by atoms with Gasteiger partial charge < -0.3 is 10.0 Å². The molecule has 1 N–H and O–H groups in total. The quantitative estimate of drug-likeness (QED) is 0.628. The molecule has 0 radical (unpaired) electrons. The highest BCUT2D eigenvalue weighted by atomic mass is 19.4. The van der Waals surface area contributed by atoms with Gasteiger partial charge in [-0.2, -0.15) is 18.3 Å². The molecule has 2 aromatic rings. The number of benzene rings is 1. The van der Waals surface area contributed by atoms with Crippen molar-refractivity contribution in [1.29, 1.82) is 0 Å². The van der Waals surface area contributed by atoms with Gasteiger partial charge in [0.05, 0.1) is 6.20 Å². The van der Waals surface area contributed by atoms with E-state index in [9.17, 15) is 18.0 Å². The molecule has 4 rings (SSSR count). The maximum atomic E-state index is 12.8. The lowest BCUT2D eigenvalue weighted by molar-refractivity contribution is -0.192. The van der Waals surface area contributed by atoms with E-state index in [0.29, 0.717) is 18.2 Å². The number of hydrogen-bond donors (Lipinski definition) is 1. The Kier molecular flexibility index (Phi) is 8.81. The molecule has 1 fully saturated rings. The minimum atomic E-state index is -5.08. The number of fused-ring (bicyclic) bond motifs is 2. The molecule has 2 heterocycles. The van der Waals surface area contributed by atoms with Gasteiger partial charge in [-0.25, -0.2) is 4.79 Å². The number of aromatic nitrogens is 2.